The van der Waals surface area contributed by atoms with Crippen molar-refractivity contribution >= 4 is 11.9 Å². The molecule has 0 aromatic carbocycles. The van der Waals surface area contributed by atoms with Gasteiger partial charge in [-0.05, 0) is 12.3 Å². The Morgan fingerprint density at radius 2 is 1.71 bits per heavy atom. The molecule has 102 valence electrons. The van der Waals surface area contributed by atoms with E-state index in [1.165, 1.54) is 32.1 Å². The summed E-state index contributed by atoms with van der Waals surface area (Å²) in [5.74, 6) is 2.36. The molecular weight excluding hydrogens is 224 g/mol. The number of rotatable bonds is 7. The molecule has 1 atom stereocenters. The highest BCUT2D eigenvalue weighted by Gasteiger charge is 2.04. The number of hydrogen-bond donors (Lipinski definition) is 4. The highest BCUT2D eigenvalue weighted by atomic mass is 16.4. The van der Waals surface area contributed by atoms with Gasteiger partial charge in [0.25, 0.3) is 0 Å². The van der Waals surface area contributed by atoms with Gasteiger partial charge >= 0.3 is 11.9 Å². The summed E-state index contributed by atoms with van der Waals surface area (Å²) in [6.07, 6.45) is 6.64. The molecular formula is C11H24N2O4. The number of nitrogens with one attached hydrogen (secondary N) is 1. The maximum Gasteiger partial charge on any atom is 0.414 e. The van der Waals surface area contributed by atoms with Gasteiger partial charge in [0.05, 0.1) is 0 Å². The molecule has 0 rings (SSSR count). The summed E-state index contributed by atoms with van der Waals surface area (Å²) in [5.41, 5.74) is 2.69. The quantitative estimate of drug-likeness (QED) is 0.233. The van der Waals surface area contributed by atoms with Gasteiger partial charge in [-0.1, -0.05) is 39.5 Å². The first-order valence-electron chi connectivity index (χ1n) is 5.85. The number of carboxylic acid groups (broad SMARTS) is 2. The summed E-state index contributed by atoms with van der Waals surface area (Å²) in [5, 5.41) is 14.8. The number of carbonyl (C=O) groups is 2. The number of carboxylic acids is 2. The standard InChI is InChI=1S/C9H22N2.C2H2O4/c1-3-4-5-6-9(2)7-8-11-10;3-1(4)2(5)6/h9,11H,3-8,10H2,1-2H3;(H,3,4)(H,5,6). The van der Waals surface area contributed by atoms with Crippen LogP contribution in [0, 0.1) is 5.92 Å². The first kappa shape index (κ1) is 18.2. The molecule has 0 saturated heterocycles. The van der Waals surface area contributed by atoms with Gasteiger partial charge in [-0.3, -0.25) is 11.3 Å². The first-order valence-corrected chi connectivity index (χ1v) is 5.85. The van der Waals surface area contributed by atoms with Crippen LogP contribution in [0.5, 0.6) is 0 Å². The fourth-order valence-corrected chi connectivity index (χ4v) is 1.22. The lowest BCUT2D eigenvalue weighted by molar-refractivity contribution is -0.159. The zero-order chi connectivity index (χ0) is 13.7. The second kappa shape index (κ2) is 12.9. The van der Waals surface area contributed by atoms with Crippen LogP contribution in [0.2, 0.25) is 0 Å². The van der Waals surface area contributed by atoms with Gasteiger partial charge in [0.2, 0.25) is 0 Å². The van der Waals surface area contributed by atoms with Crippen molar-refractivity contribution < 1.29 is 19.8 Å². The molecule has 6 heteroatoms. The second-order valence-electron chi connectivity index (χ2n) is 3.95. The van der Waals surface area contributed by atoms with Crippen molar-refractivity contribution in [1.82, 2.24) is 5.43 Å². The van der Waals surface area contributed by atoms with Gasteiger partial charge in [-0.15, -0.1) is 0 Å². The van der Waals surface area contributed by atoms with Crippen molar-refractivity contribution in [3.05, 3.63) is 0 Å². The average Bonchev–Trinajstić information content (AvgIpc) is 2.27. The van der Waals surface area contributed by atoms with Crippen LogP contribution in [0.25, 0.3) is 0 Å². The van der Waals surface area contributed by atoms with Gasteiger partial charge in [0, 0.05) is 6.54 Å². The maximum atomic E-state index is 9.10. The summed E-state index contributed by atoms with van der Waals surface area (Å²) in [7, 11) is 0. The van der Waals surface area contributed by atoms with Crippen LogP contribution < -0.4 is 11.3 Å². The lowest BCUT2D eigenvalue weighted by atomic mass is 10.0. The van der Waals surface area contributed by atoms with Gasteiger partial charge in [0.15, 0.2) is 0 Å². The monoisotopic (exact) mass is 248 g/mol. The molecule has 1 unspecified atom stereocenters. The Labute approximate surface area is 102 Å². The highest BCUT2D eigenvalue weighted by molar-refractivity contribution is 6.27. The topological polar surface area (TPSA) is 113 Å². The molecule has 0 aliphatic heterocycles. The van der Waals surface area contributed by atoms with Crippen LogP contribution in [-0.4, -0.2) is 28.7 Å². The Kier molecular flexibility index (Phi) is 13.9. The van der Waals surface area contributed by atoms with E-state index in [9.17, 15) is 0 Å². The third-order valence-electron chi connectivity index (χ3n) is 2.26. The minimum atomic E-state index is -1.82. The summed E-state index contributed by atoms with van der Waals surface area (Å²) < 4.78 is 0. The van der Waals surface area contributed by atoms with E-state index in [0.29, 0.717) is 0 Å². The average molecular weight is 248 g/mol. The second-order valence-corrected chi connectivity index (χ2v) is 3.95. The normalized spacial score (nSPS) is 11.2. The number of aliphatic carboxylic acids is 2. The van der Waals surface area contributed by atoms with Crippen LogP contribution in [0.1, 0.15) is 46.0 Å². The van der Waals surface area contributed by atoms with E-state index in [1.807, 2.05) is 0 Å². The van der Waals surface area contributed by atoms with E-state index >= 15 is 0 Å². The SMILES string of the molecule is CCCCCC(C)CCNN.O=C(O)C(=O)O. The van der Waals surface area contributed by atoms with Crippen LogP contribution in [0.3, 0.4) is 0 Å². The lowest BCUT2D eigenvalue weighted by Gasteiger charge is -2.09. The van der Waals surface area contributed by atoms with Gasteiger partial charge in [0.1, 0.15) is 0 Å². The van der Waals surface area contributed by atoms with Crippen molar-refractivity contribution in [1.29, 1.82) is 0 Å². The Morgan fingerprint density at radius 1 is 1.18 bits per heavy atom. The minimum absolute atomic E-state index is 0.831. The molecule has 0 spiro atoms. The zero-order valence-electron chi connectivity index (χ0n) is 10.6. The summed E-state index contributed by atoms with van der Waals surface area (Å²) in [4.78, 5) is 18.2. The third-order valence-corrected chi connectivity index (χ3v) is 2.26. The van der Waals surface area contributed by atoms with Crippen molar-refractivity contribution in [3.8, 4) is 0 Å². The molecule has 0 aliphatic rings. The van der Waals surface area contributed by atoms with E-state index in [0.717, 1.165) is 12.5 Å². The van der Waals surface area contributed by atoms with E-state index in [2.05, 4.69) is 19.3 Å². The number of unbranched alkanes of at least 4 members (excludes halogenated alkanes) is 2. The molecule has 0 bridgehead atoms. The highest BCUT2D eigenvalue weighted by Crippen LogP contribution is 2.11. The van der Waals surface area contributed by atoms with Crippen molar-refractivity contribution in [3.63, 3.8) is 0 Å². The Morgan fingerprint density at radius 3 is 2.06 bits per heavy atom. The molecule has 0 fully saturated rings. The molecule has 0 aromatic rings. The Bertz CT molecular complexity index is 198. The predicted octanol–water partition coefficient (Wildman–Crippen LogP) is 1.21. The van der Waals surface area contributed by atoms with E-state index in [-0.39, 0.29) is 0 Å². The van der Waals surface area contributed by atoms with Crippen LogP contribution in [-0.2, 0) is 9.59 Å². The van der Waals surface area contributed by atoms with Crippen molar-refractivity contribution in [2.45, 2.75) is 46.0 Å². The fourth-order valence-electron chi connectivity index (χ4n) is 1.22. The van der Waals surface area contributed by atoms with Crippen LogP contribution >= 0.6 is 0 Å². The van der Waals surface area contributed by atoms with Crippen LogP contribution in [0.4, 0.5) is 0 Å². The smallest absolute Gasteiger partial charge is 0.414 e. The van der Waals surface area contributed by atoms with E-state index in [1.54, 1.807) is 0 Å². The van der Waals surface area contributed by atoms with Crippen LogP contribution in [0.15, 0.2) is 0 Å². The summed E-state index contributed by atoms with van der Waals surface area (Å²) in [6.45, 7) is 5.49. The van der Waals surface area contributed by atoms with Gasteiger partial charge < -0.3 is 10.2 Å². The molecule has 0 saturated carbocycles. The Hall–Kier alpha value is -1.14. The number of hydrogen-bond acceptors (Lipinski definition) is 4. The predicted molar refractivity (Wildman–Crippen MR) is 65.4 cm³/mol. The molecule has 17 heavy (non-hydrogen) atoms. The molecule has 0 aliphatic carbocycles. The molecule has 6 nitrogen and oxygen atoms in total. The lowest BCUT2D eigenvalue weighted by Crippen LogP contribution is -2.24. The molecule has 0 aromatic heterocycles. The fraction of sp³-hybridized carbons (Fsp3) is 0.818. The maximum absolute atomic E-state index is 9.10. The van der Waals surface area contributed by atoms with E-state index in [4.69, 9.17) is 25.6 Å². The summed E-state index contributed by atoms with van der Waals surface area (Å²) in [6, 6.07) is 0. The zero-order valence-corrected chi connectivity index (χ0v) is 10.6. The summed E-state index contributed by atoms with van der Waals surface area (Å²) >= 11 is 0. The Balaban J connectivity index is 0. The minimum Gasteiger partial charge on any atom is -0.473 e. The van der Waals surface area contributed by atoms with Crippen molar-refractivity contribution in [2.75, 3.05) is 6.54 Å². The molecule has 0 heterocycles. The van der Waals surface area contributed by atoms with Crippen molar-refractivity contribution in [2.24, 2.45) is 11.8 Å². The van der Waals surface area contributed by atoms with E-state index < -0.39 is 11.9 Å². The molecule has 0 amide bonds. The molecule has 5 N–H and O–H groups in total. The first-order chi connectivity index (χ1) is 7.95. The molecule has 0 radical (unpaired) electrons. The number of hydrazine groups is 1. The van der Waals surface area contributed by atoms with Gasteiger partial charge in [-0.2, -0.15) is 0 Å². The number of nitrogens with two attached hydrogens (primary N) is 1. The van der Waals surface area contributed by atoms with Gasteiger partial charge in [-0.25, -0.2) is 9.59 Å². The third kappa shape index (κ3) is 17.5. The largest absolute Gasteiger partial charge is 0.473 e.